The van der Waals surface area contributed by atoms with Crippen molar-refractivity contribution in [3.05, 3.63) is 0 Å². The number of alkyl halides is 2. The molecule has 0 spiro atoms. The minimum atomic E-state index is -2.43. The maximum Gasteiger partial charge on any atom is 0.264 e. The molecule has 1 aliphatic carbocycles. The number of hydrogen-bond acceptors (Lipinski definition) is 1. The van der Waals surface area contributed by atoms with Gasteiger partial charge in [0, 0.05) is 13.0 Å². The lowest BCUT2D eigenvalue weighted by Crippen LogP contribution is -2.44. The Morgan fingerprint density at radius 1 is 1.27 bits per heavy atom. The van der Waals surface area contributed by atoms with Gasteiger partial charge in [0.15, 0.2) is 0 Å². The van der Waals surface area contributed by atoms with Gasteiger partial charge in [-0.25, -0.2) is 8.78 Å². The Hall–Kier alpha value is -0.180. The predicted molar refractivity (Wildman–Crippen MR) is 38.7 cm³/mol. The molecule has 1 unspecified atom stereocenters. The SMILES string of the molecule is FC1(F)CCNC1C1CCC1. The van der Waals surface area contributed by atoms with Crippen molar-refractivity contribution < 1.29 is 8.78 Å². The van der Waals surface area contributed by atoms with Crippen LogP contribution in [0.3, 0.4) is 0 Å². The molecule has 1 atom stereocenters. The zero-order chi connectivity index (χ0) is 7.90. The van der Waals surface area contributed by atoms with E-state index in [2.05, 4.69) is 5.32 Å². The van der Waals surface area contributed by atoms with Gasteiger partial charge in [0.25, 0.3) is 5.92 Å². The number of hydrogen-bond donors (Lipinski definition) is 1. The van der Waals surface area contributed by atoms with E-state index >= 15 is 0 Å². The Morgan fingerprint density at radius 2 is 2.00 bits per heavy atom. The Bertz CT molecular complexity index is 154. The lowest BCUT2D eigenvalue weighted by molar-refractivity contribution is -0.0406. The van der Waals surface area contributed by atoms with Crippen LogP contribution in [0, 0.1) is 5.92 Å². The summed E-state index contributed by atoms with van der Waals surface area (Å²) in [7, 11) is 0. The molecule has 1 saturated heterocycles. The molecule has 0 bridgehead atoms. The van der Waals surface area contributed by atoms with Gasteiger partial charge in [-0.15, -0.1) is 0 Å². The van der Waals surface area contributed by atoms with Crippen molar-refractivity contribution in [2.45, 2.75) is 37.6 Å². The summed E-state index contributed by atoms with van der Waals surface area (Å²) in [6, 6.07) is -0.503. The van der Waals surface area contributed by atoms with Crippen molar-refractivity contribution in [3.63, 3.8) is 0 Å². The fourth-order valence-corrected chi connectivity index (χ4v) is 1.98. The first-order valence-corrected chi connectivity index (χ1v) is 4.31. The van der Waals surface area contributed by atoms with Crippen molar-refractivity contribution >= 4 is 0 Å². The molecule has 0 aromatic rings. The average Bonchev–Trinajstić information content (AvgIpc) is 2.07. The molecule has 1 heterocycles. The second-order valence-corrected chi connectivity index (χ2v) is 3.63. The quantitative estimate of drug-likeness (QED) is 0.618. The Labute approximate surface area is 65.2 Å². The minimum Gasteiger partial charge on any atom is -0.308 e. The molecule has 0 radical (unpaired) electrons. The zero-order valence-corrected chi connectivity index (χ0v) is 6.45. The van der Waals surface area contributed by atoms with Crippen molar-refractivity contribution in [1.82, 2.24) is 5.32 Å². The van der Waals surface area contributed by atoms with Crippen molar-refractivity contribution in [3.8, 4) is 0 Å². The Morgan fingerprint density at radius 3 is 2.36 bits per heavy atom. The summed E-state index contributed by atoms with van der Waals surface area (Å²) >= 11 is 0. The van der Waals surface area contributed by atoms with E-state index in [1.54, 1.807) is 0 Å². The van der Waals surface area contributed by atoms with Crippen LogP contribution in [0.15, 0.2) is 0 Å². The number of halogens is 2. The van der Waals surface area contributed by atoms with Crippen LogP contribution in [0.2, 0.25) is 0 Å². The molecule has 0 aromatic carbocycles. The van der Waals surface area contributed by atoms with Gasteiger partial charge < -0.3 is 5.32 Å². The van der Waals surface area contributed by atoms with Gasteiger partial charge in [-0.1, -0.05) is 6.42 Å². The summed E-state index contributed by atoms with van der Waals surface area (Å²) in [4.78, 5) is 0. The normalized spacial score (nSPS) is 37.1. The molecular formula is C8H13F2N. The van der Waals surface area contributed by atoms with Crippen LogP contribution < -0.4 is 5.32 Å². The molecule has 2 fully saturated rings. The van der Waals surface area contributed by atoms with Gasteiger partial charge >= 0.3 is 0 Å². The van der Waals surface area contributed by atoms with E-state index in [4.69, 9.17) is 0 Å². The molecule has 1 aliphatic heterocycles. The molecule has 1 saturated carbocycles. The van der Waals surface area contributed by atoms with E-state index in [1.165, 1.54) is 0 Å². The first kappa shape index (κ1) is 7.47. The third-order valence-electron chi connectivity index (χ3n) is 2.90. The molecule has 0 aromatic heterocycles. The third-order valence-corrected chi connectivity index (χ3v) is 2.90. The standard InChI is InChI=1S/C8H13F2N/c9-8(10)4-5-11-7(8)6-2-1-3-6/h6-7,11H,1-5H2. The van der Waals surface area contributed by atoms with E-state index in [1.807, 2.05) is 0 Å². The van der Waals surface area contributed by atoms with Gasteiger partial charge in [-0.05, 0) is 18.8 Å². The number of nitrogens with one attached hydrogen (secondary N) is 1. The van der Waals surface area contributed by atoms with Gasteiger partial charge in [-0.3, -0.25) is 0 Å². The maximum absolute atomic E-state index is 13.0. The summed E-state index contributed by atoms with van der Waals surface area (Å²) in [5, 5.41) is 2.90. The Balaban J connectivity index is 2.00. The van der Waals surface area contributed by atoms with E-state index in [9.17, 15) is 8.78 Å². The molecule has 0 amide bonds. The highest BCUT2D eigenvalue weighted by atomic mass is 19.3. The predicted octanol–water partition coefficient (Wildman–Crippen LogP) is 1.78. The molecule has 2 aliphatic rings. The summed E-state index contributed by atoms with van der Waals surface area (Å²) in [6.07, 6.45) is 3.16. The molecule has 3 heteroatoms. The van der Waals surface area contributed by atoms with Crippen LogP contribution in [-0.2, 0) is 0 Å². The minimum absolute atomic E-state index is 0.0359. The molecule has 1 nitrogen and oxygen atoms in total. The van der Waals surface area contributed by atoms with Crippen LogP contribution in [0.5, 0.6) is 0 Å². The second-order valence-electron chi connectivity index (χ2n) is 3.63. The topological polar surface area (TPSA) is 12.0 Å². The van der Waals surface area contributed by atoms with Crippen molar-refractivity contribution in [2.24, 2.45) is 5.92 Å². The maximum atomic E-state index is 13.0. The molecule has 64 valence electrons. The molecule has 2 rings (SSSR count). The summed E-state index contributed by atoms with van der Waals surface area (Å²) in [5.41, 5.74) is 0. The summed E-state index contributed by atoms with van der Waals surface area (Å²) < 4.78 is 26.0. The van der Waals surface area contributed by atoms with Gasteiger partial charge in [0.05, 0.1) is 6.04 Å². The van der Waals surface area contributed by atoms with E-state index in [-0.39, 0.29) is 12.3 Å². The van der Waals surface area contributed by atoms with Crippen molar-refractivity contribution in [2.75, 3.05) is 6.54 Å². The fourth-order valence-electron chi connectivity index (χ4n) is 1.98. The Kier molecular flexibility index (Phi) is 1.63. The van der Waals surface area contributed by atoms with E-state index < -0.39 is 12.0 Å². The van der Waals surface area contributed by atoms with Crippen molar-refractivity contribution in [1.29, 1.82) is 0 Å². The highest BCUT2D eigenvalue weighted by Gasteiger charge is 2.48. The van der Waals surface area contributed by atoms with E-state index in [0.29, 0.717) is 6.54 Å². The van der Waals surface area contributed by atoms with Gasteiger partial charge in [0.2, 0.25) is 0 Å². The average molecular weight is 161 g/mol. The van der Waals surface area contributed by atoms with Crippen LogP contribution >= 0.6 is 0 Å². The zero-order valence-electron chi connectivity index (χ0n) is 6.45. The van der Waals surface area contributed by atoms with Crippen LogP contribution in [-0.4, -0.2) is 18.5 Å². The smallest absolute Gasteiger partial charge is 0.264 e. The largest absolute Gasteiger partial charge is 0.308 e. The summed E-state index contributed by atoms with van der Waals surface area (Å²) in [6.45, 7) is 0.494. The monoisotopic (exact) mass is 161 g/mol. The van der Waals surface area contributed by atoms with Gasteiger partial charge in [-0.2, -0.15) is 0 Å². The van der Waals surface area contributed by atoms with E-state index in [0.717, 1.165) is 19.3 Å². The van der Waals surface area contributed by atoms with Crippen LogP contribution in [0.4, 0.5) is 8.78 Å². The molecule has 1 N–H and O–H groups in total. The third kappa shape index (κ3) is 1.15. The second kappa shape index (κ2) is 2.41. The first-order valence-electron chi connectivity index (χ1n) is 4.31. The highest BCUT2D eigenvalue weighted by Crippen LogP contribution is 2.40. The van der Waals surface area contributed by atoms with Crippen LogP contribution in [0.25, 0.3) is 0 Å². The number of rotatable bonds is 1. The lowest BCUT2D eigenvalue weighted by atomic mass is 9.78. The van der Waals surface area contributed by atoms with Crippen LogP contribution in [0.1, 0.15) is 25.7 Å². The van der Waals surface area contributed by atoms with Gasteiger partial charge in [0.1, 0.15) is 0 Å². The molecule has 11 heavy (non-hydrogen) atoms. The summed E-state index contributed by atoms with van der Waals surface area (Å²) in [5.74, 6) is -2.17. The highest BCUT2D eigenvalue weighted by molar-refractivity contribution is 4.97. The molecular weight excluding hydrogens is 148 g/mol. The fraction of sp³-hybridized carbons (Fsp3) is 1.00. The first-order chi connectivity index (χ1) is 5.20. The lowest BCUT2D eigenvalue weighted by Gasteiger charge is -2.34.